The van der Waals surface area contributed by atoms with Crippen molar-refractivity contribution in [2.75, 3.05) is 20.2 Å². The van der Waals surface area contributed by atoms with Crippen molar-refractivity contribution in [3.05, 3.63) is 27.7 Å². The van der Waals surface area contributed by atoms with Crippen LogP contribution in [-0.2, 0) is 20.6 Å². The number of rotatable bonds is 7. The van der Waals surface area contributed by atoms with Crippen LogP contribution in [0.1, 0.15) is 25.0 Å². The summed E-state index contributed by atoms with van der Waals surface area (Å²) in [7, 11) is -2.03. The maximum absolute atomic E-state index is 12.6. The third kappa shape index (κ3) is 4.93. The third-order valence-electron chi connectivity index (χ3n) is 2.98. The van der Waals surface area contributed by atoms with Crippen LogP contribution in [0.4, 0.5) is 0 Å². The van der Waals surface area contributed by atoms with E-state index in [0.717, 1.165) is 11.1 Å². The van der Waals surface area contributed by atoms with E-state index in [1.165, 1.54) is 4.31 Å². The van der Waals surface area contributed by atoms with Crippen LogP contribution in [0.3, 0.4) is 0 Å². The molecule has 0 unspecified atom stereocenters. The predicted octanol–water partition coefficient (Wildman–Crippen LogP) is 3.54. The van der Waals surface area contributed by atoms with Gasteiger partial charge in [0.1, 0.15) is 0 Å². The van der Waals surface area contributed by atoms with Crippen LogP contribution < -0.4 is 0 Å². The summed E-state index contributed by atoms with van der Waals surface area (Å²) in [4.78, 5) is 0.241. The van der Waals surface area contributed by atoms with Crippen molar-refractivity contribution in [1.29, 1.82) is 0 Å². The highest BCUT2D eigenvalue weighted by Crippen LogP contribution is 2.29. The van der Waals surface area contributed by atoms with Gasteiger partial charge >= 0.3 is 0 Å². The fourth-order valence-corrected chi connectivity index (χ4v) is 4.11. The second kappa shape index (κ2) is 7.92. The lowest BCUT2D eigenvalue weighted by Crippen LogP contribution is -2.31. The van der Waals surface area contributed by atoms with Crippen LogP contribution in [0.25, 0.3) is 0 Å². The number of sulfonamides is 1. The molecular formula is C14H21BrClNO3S. The number of halogens is 2. The van der Waals surface area contributed by atoms with Crippen LogP contribution >= 0.6 is 27.5 Å². The summed E-state index contributed by atoms with van der Waals surface area (Å²) in [5.74, 6) is 0.275. The first-order valence-corrected chi connectivity index (χ1v) is 9.39. The Bertz CT molecular complexity index is 590. The lowest BCUT2D eigenvalue weighted by Gasteiger charge is -2.20. The molecule has 0 aliphatic heterocycles. The van der Waals surface area contributed by atoms with Gasteiger partial charge in [0, 0.05) is 23.9 Å². The molecule has 0 N–H and O–H groups in total. The lowest BCUT2D eigenvalue weighted by molar-refractivity contribution is 0.0737. The molecule has 0 amide bonds. The summed E-state index contributed by atoms with van der Waals surface area (Å²) in [5, 5.41) is 0. The van der Waals surface area contributed by atoms with Gasteiger partial charge in [0.25, 0.3) is 0 Å². The van der Waals surface area contributed by atoms with E-state index in [0.29, 0.717) is 17.6 Å². The minimum absolute atomic E-state index is 0.0784. The van der Waals surface area contributed by atoms with Gasteiger partial charge in [-0.05, 0) is 53.9 Å². The highest BCUT2D eigenvalue weighted by molar-refractivity contribution is 9.10. The maximum atomic E-state index is 12.6. The van der Waals surface area contributed by atoms with Gasteiger partial charge in [-0.15, -0.1) is 11.6 Å². The van der Waals surface area contributed by atoms with Gasteiger partial charge in [-0.25, -0.2) is 8.42 Å². The van der Waals surface area contributed by atoms with Crippen molar-refractivity contribution in [1.82, 2.24) is 4.31 Å². The Hall–Kier alpha value is -0.140. The molecule has 0 spiro atoms. The van der Waals surface area contributed by atoms with Crippen molar-refractivity contribution in [3.63, 3.8) is 0 Å². The molecular weight excluding hydrogens is 378 g/mol. The first kappa shape index (κ1) is 18.9. The summed E-state index contributed by atoms with van der Waals surface area (Å²) < 4.78 is 32.6. The molecule has 7 heteroatoms. The Morgan fingerprint density at radius 1 is 1.38 bits per heavy atom. The maximum Gasteiger partial charge on any atom is 0.244 e. The van der Waals surface area contributed by atoms with Crippen molar-refractivity contribution in [3.8, 4) is 0 Å². The van der Waals surface area contributed by atoms with Crippen LogP contribution in [0.2, 0.25) is 0 Å². The molecule has 0 atom stereocenters. The topological polar surface area (TPSA) is 46.6 Å². The first-order valence-electron chi connectivity index (χ1n) is 6.63. The Morgan fingerprint density at radius 3 is 2.52 bits per heavy atom. The zero-order valence-electron chi connectivity index (χ0n) is 12.7. The largest absolute Gasteiger partial charge is 0.377 e. The van der Waals surface area contributed by atoms with Crippen molar-refractivity contribution in [2.45, 2.75) is 37.7 Å². The normalized spacial score (nSPS) is 12.4. The van der Waals surface area contributed by atoms with E-state index in [1.54, 1.807) is 13.1 Å². The Balaban J connectivity index is 3.04. The van der Waals surface area contributed by atoms with E-state index >= 15 is 0 Å². The quantitative estimate of drug-likeness (QED) is 0.660. The zero-order chi connectivity index (χ0) is 16.2. The number of nitrogens with zero attached hydrogens (tertiary/aromatic N) is 1. The van der Waals surface area contributed by atoms with Gasteiger partial charge < -0.3 is 4.74 Å². The Labute approximate surface area is 140 Å². The van der Waals surface area contributed by atoms with Gasteiger partial charge in [-0.1, -0.05) is 6.07 Å². The number of benzene rings is 1. The van der Waals surface area contributed by atoms with Gasteiger partial charge in [0.05, 0.1) is 17.6 Å². The molecule has 0 aliphatic carbocycles. The molecule has 0 fully saturated rings. The average Bonchev–Trinajstić information content (AvgIpc) is 2.40. The van der Waals surface area contributed by atoms with E-state index in [1.807, 2.05) is 26.8 Å². The van der Waals surface area contributed by atoms with Gasteiger partial charge in [-0.2, -0.15) is 4.31 Å². The molecule has 0 bridgehead atoms. The molecule has 0 heterocycles. The van der Waals surface area contributed by atoms with Gasteiger partial charge in [-0.3, -0.25) is 0 Å². The molecule has 0 aliphatic rings. The molecule has 0 radical (unpaired) electrons. The minimum atomic E-state index is -3.57. The Morgan fingerprint density at radius 2 is 2.00 bits per heavy atom. The molecule has 0 aromatic heterocycles. The predicted molar refractivity (Wildman–Crippen MR) is 89.3 cm³/mol. The van der Waals surface area contributed by atoms with Crippen LogP contribution in [-0.4, -0.2) is 39.0 Å². The summed E-state index contributed by atoms with van der Waals surface area (Å²) >= 11 is 9.19. The molecule has 1 aromatic carbocycles. The number of ether oxygens (including phenoxy) is 1. The summed E-state index contributed by atoms with van der Waals surface area (Å²) in [6, 6.07) is 3.48. The molecule has 120 valence electrons. The molecule has 1 aromatic rings. The zero-order valence-corrected chi connectivity index (χ0v) is 15.8. The minimum Gasteiger partial charge on any atom is -0.377 e. The van der Waals surface area contributed by atoms with E-state index < -0.39 is 10.0 Å². The fraction of sp³-hybridized carbons (Fsp3) is 0.571. The fourth-order valence-electron chi connectivity index (χ4n) is 1.78. The van der Waals surface area contributed by atoms with Crippen LogP contribution in [0.5, 0.6) is 0 Å². The highest BCUT2D eigenvalue weighted by atomic mass is 79.9. The van der Waals surface area contributed by atoms with Crippen LogP contribution in [0, 0.1) is 6.92 Å². The smallest absolute Gasteiger partial charge is 0.244 e. The number of alkyl halides is 1. The number of hydrogen-bond donors (Lipinski definition) is 0. The van der Waals surface area contributed by atoms with E-state index in [4.69, 9.17) is 16.3 Å². The van der Waals surface area contributed by atoms with Gasteiger partial charge in [0.15, 0.2) is 0 Å². The van der Waals surface area contributed by atoms with Crippen molar-refractivity contribution >= 4 is 37.6 Å². The monoisotopic (exact) mass is 397 g/mol. The van der Waals surface area contributed by atoms with E-state index in [-0.39, 0.29) is 16.9 Å². The molecule has 1 rings (SSSR count). The third-order valence-corrected chi connectivity index (χ3v) is 6.49. The van der Waals surface area contributed by atoms with E-state index in [2.05, 4.69) is 15.9 Å². The van der Waals surface area contributed by atoms with Crippen molar-refractivity contribution in [2.24, 2.45) is 0 Å². The summed E-state index contributed by atoms with van der Waals surface area (Å²) in [6.07, 6.45) is 0.0784. The second-order valence-corrected chi connectivity index (χ2v) is 8.18. The average molecular weight is 399 g/mol. The summed E-state index contributed by atoms with van der Waals surface area (Å²) in [6.45, 7) is 6.34. The molecule has 0 saturated heterocycles. The second-order valence-electron chi connectivity index (χ2n) is 5.10. The molecule has 21 heavy (non-hydrogen) atoms. The number of hydrogen-bond acceptors (Lipinski definition) is 3. The lowest BCUT2D eigenvalue weighted by atomic mass is 10.2. The molecule has 4 nitrogen and oxygen atoms in total. The standard InChI is InChI=1S/C14H21BrClNO3S/c1-10(2)20-6-5-17(4)21(18,19)13-8-12(9-16)7-11(3)14(13)15/h7-8,10H,5-6,9H2,1-4H3. The first-order chi connectivity index (χ1) is 9.70. The summed E-state index contributed by atoms with van der Waals surface area (Å²) in [5.41, 5.74) is 1.63. The SMILES string of the molecule is Cc1cc(CCl)cc(S(=O)(=O)N(C)CCOC(C)C)c1Br. The number of aryl methyl sites for hydroxylation is 1. The number of likely N-dealkylation sites (N-methyl/N-ethyl adjacent to an activating group) is 1. The Kier molecular flexibility index (Phi) is 7.13. The van der Waals surface area contributed by atoms with Crippen molar-refractivity contribution < 1.29 is 13.2 Å². The van der Waals surface area contributed by atoms with E-state index in [9.17, 15) is 8.42 Å². The van der Waals surface area contributed by atoms with Crippen LogP contribution in [0.15, 0.2) is 21.5 Å². The highest BCUT2D eigenvalue weighted by Gasteiger charge is 2.24. The molecule has 0 saturated carbocycles. The van der Waals surface area contributed by atoms with Gasteiger partial charge in [0.2, 0.25) is 10.0 Å².